The summed E-state index contributed by atoms with van der Waals surface area (Å²) >= 11 is 5.72. The van der Waals surface area contributed by atoms with Gasteiger partial charge in [0.1, 0.15) is 5.15 Å². The van der Waals surface area contributed by atoms with E-state index in [1.54, 1.807) is 11.6 Å². The van der Waals surface area contributed by atoms with Crippen LogP contribution in [0.15, 0.2) is 0 Å². The number of imidazole rings is 1. The molecule has 0 amide bonds. The van der Waals surface area contributed by atoms with Gasteiger partial charge in [0.15, 0.2) is 0 Å². The van der Waals surface area contributed by atoms with Crippen LogP contribution in [0.2, 0.25) is 5.15 Å². The number of halogens is 1. The van der Waals surface area contributed by atoms with E-state index in [9.17, 15) is 0 Å². The molecule has 0 spiro atoms. The number of rotatable bonds is 0. The Bertz CT molecular complexity index is 206. The third-order valence-electron chi connectivity index (χ3n) is 1.22. The van der Waals surface area contributed by atoms with Crippen LogP contribution in [0.4, 0.5) is 5.95 Å². The van der Waals surface area contributed by atoms with Crippen molar-refractivity contribution >= 4 is 17.5 Å². The van der Waals surface area contributed by atoms with Crippen molar-refractivity contribution in [2.75, 3.05) is 5.73 Å². The molecular formula is C5H8ClN3. The molecule has 1 heterocycles. The van der Waals surface area contributed by atoms with E-state index < -0.39 is 0 Å². The summed E-state index contributed by atoms with van der Waals surface area (Å²) in [6.07, 6.45) is 0. The molecule has 9 heavy (non-hydrogen) atoms. The zero-order valence-corrected chi connectivity index (χ0v) is 6.11. The van der Waals surface area contributed by atoms with Crippen LogP contribution in [-0.4, -0.2) is 9.55 Å². The Hall–Kier alpha value is -0.700. The van der Waals surface area contributed by atoms with Crippen LogP contribution >= 0.6 is 11.6 Å². The van der Waals surface area contributed by atoms with Gasteiger partial charge in [0.05, 0.1) is 5.69 Å². The standard InChI is InChI=1S/C5H8ClN3/c1-3-4(6)9(2)5(7)8-3/h1-2H3,(H2,7,8). The number of hydrogen-bond acceptors (Lipinski definition) is 2. The molecular weight excluding hydrogens is 138 g/mol. The second-order valence-corrected chi connectivity index (χ2v) is 2.26. The fraction of sp³-hybridized carbons (Fsp3) is 0.400. The van der Waals surface area contributed by atoms with Gasteiger partial charge < -0.3 is 10.3 Å². The van der Waals surface area contributed by atoms with Gasteiger partial charge in [-0.25, -0.2) is 4.98 Å². The van der Waals surface area contributed by atoms with Crippen LogP contribution in [0, 0.1) is 6.92 Å². The normalized spacial score (nSPS) is 10.1. The van der Waals surface area contributed by atoms with Gasteiger partial charge in [0, 0.05) is 7.05 Å². The van der Waals surface area contributed by atoms with Crippen LogP contribution in [0.1, 0.15) is 5.69 Å². The number of nitrogen functional groups attached to an aromatic ring is 1. The largest absolute Gasteiger partial charge is 0.369 e. The van der Waals surface area contributed by atoms with Crippen molar-refractivity contribution in [2.45, 2.75) is 6.92 Å². The number of aromatic nitrogens is 2. The van der Waals surface area contributed by atoms with Crippen molar-refractivity contribution in [3.05, 3.63) is 10.8 Å². The summed E-state index contributed by atoms with van der Waals surface area (Å²) in [6.45, 7) is 1.82. The molecule has 4 heteroatoms. The number of aryl methyl sites for hydroxylation is 1. The summed E-state index contributed by atoms with van der Waals surface area (Å²) in [5, 5.41) is 0.604. The van der Waals surface area contributed by atoms with Crippen LogP contribution in [-0.2, 0) is 7.05 Å². The lowest BCUT2D eigenvalue weighted by molar-refractivity contribution is 0.930. The summed E-state index contributed by atoms with van der Waals surface area (Å²) in [4.78, 5) is 3.92. The van der Waals surface area contributed by atoms with Crippen molar-refractivity contribution in [3.8, 4) is 0 Å². The maximum atomic E-state index is 5.72. The minimum atomic E-state index is 0.456. The van der Waals surface area contributed by atoms with Crippen LogP contribution in [0.5, 0.6) is 0 Å². The topological polar surface area (TPSA) is 43.8 Å². The summed E-state index contributed by atoms with van der Waals surface area (Å²) in [7, 11) is 1.78. The molecule has 0 unspecified atom stereocenters. The fourth-order valence-electron chi connectivity index (χ4n) is 0.636. The molecule has 0 bridgehead atoms. The molecule has 0 radical (unpaired) electrons. The summed E-state index contributed by atoms with van der Waals surface area (Å²) < 4.78 is 1.64. The van der Waals surface area contributed by atoms with Crippen molar-refractivity contribution in [3.63, 3.8) is 0 Å². The molecule has 0 saturated carbocycles. The summed E-state index contributed by atoms with van der Waals surface area (Å²) in [5.74, 6) is 0.456. The predicted molar refractivity (Wildman–Crippen MR) is 37.4 cm³/mol. The van der Waals surface area contributed by atoms with Gasteiger partial charge in [-0.3, -0.25) is 0 Å². The zero-order valence-electron chi connectivity index (χ0n) is 5.35. The van der Waals surface area contributed by atoms with Crippen LogP contribution in [0.3, 0.4) is 0 Å². The Balaban J connectivity index is 3.29. The molecule has 0 fully saturated rings. The molecule has 50 valence electrons. The lowest BCUT2D eigenvalue weighted by atomic mass is 10.6. The van der Waals surface area contributed by atoms with E-state index >= 15 is 0 Å². The minimum Gasteiger partial charge on any atom is -0.369 e. The van der Waals surface area contributed by atoms with Gasteiger partial charge in [-0.1, -0.05) is 11.6 Å². The van der Waals surface area contributed by atoms with Gasteiger partial charge in [-0.05, 0) is 6.92 Å². The first kappa shape index (κ1) is 6.42. The Morgan fingerprint density at radius 2 is 2.22 bits per heavy atom. The lowest BCUT2D eigenvalue weighted by Crippen LogP contribution is -1.96. The highest BCUT2D eigenvalue weighted by molar-refractivity contribution is 6.30. The Morgan fingerprint density at radius 1 is 1.67 bits per heavy atom. The second kappa shape index (κ2) is 1.92. The Labute approximate surface area is 58.4 Å². The quantitative estimate of drug-likeness (QED) is 0.591. The first-order valence-corrected chi connectivity index (χ1v) is 2.95. The van der Waals surface area contributed by atoms with E-state index in [0.29, 0.717) is 11.1 Å². The van der Waals surface area contributed by atoms with Crippen LogP contribution < -0.4 is 5.73 Å². The molecule has 0 saturated heterocycles. The molecule has 1 aromatic rings. The molecule has 2 N–H and O–H groups in total. The van der Waals surface area contributed by atoms with Gasteiger partial charge in [-0.2, -0.15) is 0 Å². The number of nitrogens with zero attached hydrogens (tertiary/aromatic N) is 2. The van der Waals surface area contributed by atoms with Crippen molar-refractivity contribution in [1.29, 1.82) is 0 Å². The molecule has 0 aliphatic heterocycles. The molecule has 1 rings (SSSR count). The van der Waals surface area contributed by atoms with Crippen molar-refractivity contribution < 1.29 is 0 Å². The highest BCUT2D eigenvalue weighted by Crippen LogP contribution is 2.15. The number of anilines is 1. The van der Waals surface area contributed by atoms with Gasteiger partial charge in [0.2, 0.25) is 5.95 Å². The summed E-state index contributed by atoms with van der Waals surface area (Å²) in [6, 6.07) is 0. The monoisotopic (exact) mass is 145 g/mol. The molecule has 0 aromatic carbocycles. The maximum Gasteiger partial charge on any atom is 0.201 e. The third kappa shape index (κ3) is 0.876. The highest BCUT2D eigenvalue weighted by Gasteiger charge is 2.03. The van der Waals surface area contributed by atoms with Crippen LogP contribution in [0.25, 0.3) is 0 Å². The molecule has 0 aliphatic carbocycles. The Kier molecular flexibility index (Phi) is 1.37. The van der Waals surface area contributed by atoms with Gasteiger partial charge >= 0.3 is 0 Å². The fourth-order valence-corrected chi connectivity index (χ4v) is 0.765. The maximum absolute atomic E-state index is 5.72. The number of nitrogens with two attached hydrogens (primary N) is 1. The average Bonchev–Trinajstić information content (AvgIpc) is 1.98. The molecule has 1 aromatic heterocycles. The second-order valence-electron chi connectivity index (χ2n) is 1.91. The zero-order chi connectivity index (χ0) is 7.02. The highest BCUT2D eigenvalue weighted by atomic mass is 35.5. The average molecular weight is 146 g/mol. The summed E-state index contributed by atoms with van der Waals surface area (Å²) in [5.41, 5.74) is 6.18. The Morgan fingerprint density at radius 3 is 2.33 bits per heavy atom. The molecule has 0 atom stereocenters. The SMILES string of the molecule is Cc1nc(N)n(C)c1Cl. The first-order chi connectivity index (χ1) is 4.13. The van der Waals surface area contributed by atoms with Crippen molar-refractivity contribution in [2.24, 2.45) is 7.05 Å². The van der Waals surface area contributed by atoms with E-state index in [1.807, 2.05) is 6.92 Å². The molecule has 0 aliphatic rings. The van der Waals surface area contributed by atoms with Gasteiger partial charge in [0.25, 0.3) is 0 Å². The van der Waals surface area contributed by atoms with E-state index in [4.69, 9.17) is 17.3 Å². The van der Waals surface area contributed by atoms with E-state index in [2.05, 4.69) is 4.98 Å². The van der Waals surface area contributed by atoms with Crippen molar-refractivity contribution in [1.82, 2.24) is 9.55 Å². The molecule has 3 nitrogen and oxygen atoms in total. The van der Waals surface area contributed by atoms with E-state index in [-0.39, 0.29) is 0 Å². The minimum absolute atomic E-state index is 0.456. The van der Waals surface area contributed by atoms with Gasteiger partial charge in [-0.15, -0.1) is 0 Å². The van der Waals surface area contributed by atoms with E-state index in [1.165, 1.54) is 0 Å². The number of hydrogen-bond donors (Lipinski definition) is 1. The third-order valence-corrected chi connectivity index (χ3v) is 1.75. The smallest absolute Gasteiger partial charge is 0.201 e. The predicted octanol–water partition coefficient (Wildman–Crippen LogP) is 0.964. The lowest BCUT2D eigenvalue weighted by Gasteiger charge is -1.92. The van der Waals surface area contributed by atoms with E-state index in [0.717, 1.165) is 5.69 Å². The first-order valence-electron chi connectivity index (χ1n) is 2.57.